The molecule has 0 aromatic heterocycles. The van der Waals surface area contributed by atoms with Crippen molar-refractivity contribution in [3.63, 3.8) is 0 Å². The zero-order valence-corrected chi connectivity index (χ0v) is 12.9. The second kappa shape index (κ2) is 6.98. The van der Waals surface area contributed by atoms with E-state index >= 15 is 0 Å². The minimum absolute atomic E-state index is 0.129. The van der Waals surface area contributed by atoms with Crippen LogP contribution in [0.3, 0.4) is 0 Å². The fraction of sp³-hybridized carbons (Fsp3) is 0.500. The molecule has 0 N–H and O–H groups in total. The van der Waals surface area contributed by atoms with Crippen molar-refractivity contribution in [2.75, 3.05) is 18.0 Å². The lowest BCUT2D eigenvalue weighted by atomic mass is 10.1. The zero-order valence-electron chi connectivity index (χ0n) is 11.3. The predicted molar refractivity (Wildman–Crippen MR) is 76.4 cm³/mol. The summed E-state index contributed by atoms with van der Waals surface area (Å²) < 4.78 is 39.8. The molecule has 20 heavy (non-hydrogen) atoms. The maximum absolute atomic E-state index is 13.1. The Hall–Kier alpha value is -1.22. The van der Waals surface area contributed by atoms with Gasteiger partial charge in [-0.15, -0.1) is 0 Å². The number of benzene rings is 1. The highest BCUT2D eigenvalue weighted by atomic mass is 79.9. The molecular weight excluding hydrogens is 333 g/mol. The van der Waals surface area contributed by atoms with Crippen LogP contribution < -0.4 is 4.90 Å². The molecule has 0 saturated carbocycles. The molecule has 0 bridgehead atoms. The second-order valence-electron chi connectivity index (χ2n) is 4.91. The van der Waals surface area contributed by atoms with Crippen LogP contribution >= 0.6 is 15.9 Å². The van der Waals surface area contributed by atoms with E-state index in [-0.39, 0.29) is 18.0 Å². The van der Waals surface area contributed by atoms with Gasteiger partial charge in [0.1, 0.15) is 0 Å². The van der Waals surface area contributed by atoms with E-state index in [9.17, 15) is 13.2 Å². The molecule has 0 spiro atoms. The van der Waals surface area contributed by atoms with Crippen LogP contribution in [0.15, 0.2) is 22.7 Å². The number of nitriles is 1. The molecule has 0 radical (unpaired) electrons. The molecule has 0 aliphatic rings. The quantitative estimate of drug-likeness (QED) is 0.760. The van der Waals surface area contributed by atoms with Gasteiger partial charge in [-0.05, 0) is 24.1 Å². The Balaban J connectivity index is 3.21. The van der Waals surface area contributed by atoms with E-state index in [0.717, 1.165) is 6.07 Å². The first-order valence-electron chi connectivity index (χ1n) is 6.24. The van der Waals surface area contributed by atoms with Crippen LogP contribution in [-0.2, 0) is 6.18 Å². The van der Waals surface area contributed by atoms with Crippen molar-refractivity contribution < 1.29 is 13.2 Å². The Bertz CT molecular complexity index is 492. The molecule has 0 aliphatic heterocycles. The van der Waals surface area contributed by atoms with Gasteiger partial charge in [0.2, 0.25) is 0 Å². The Kier molecular flexibility index (Phi) is 5.88. The van der Waals surface area contributed by atoms with E-state index in [0.29, 0.717) is 17.6 Å². The third kappa shape index (κ3) is 4.71. The van der Waals surface area contributed by atoms with Crippen LogP contribution in [-0.4, -0.2) is 13.1 Å². The van der Waals surface area contributed by atoms with Crippen molar-refractivity contribution in [1.82, 2.24) is 0 Å². The highest BCUT2D eigenvalue weighted by molar-refractivity contribution is 9.10. The van der Waals surface area contributed by atoms with Gasteiger partial charge in [-0.2, -0.15) is 18.4 Å². The number of nitrogens with zero attached hydrogens (tertiary/aromatic N) is 2. The van der Waals surface area contributed by atoms with Gasteiger partial charge in [0.05, 0.1) is 18.1 Å². The average molecular weight is 349 g/mol. The number of anilines is 1. The number of hydrogen-bond acceptors (Lipinski definition) is 2. The smallest absolute Gasteiger partial charge is 0.370 e. The first-order valence-corrected chi connectivity index (χ1v) is 7.03. The average Bonchev–Trinajstić information content (AvgIpc) is 2.33. The summed E-state index contributed by atoms with van der Waals surface area (Å²) in [5.74, 6) is 0.207. The molecule has 1 aromatic rings. The summed E-state index contributed by atoms with van der Waals surface area (Å²) in [4.78, 5) is 1.63. The third-order valence-corrected chi connectivity index (χ3v) is 3.18. The van der Waals surface area contributed by atoms with Gasteiger partial charge in [-0.1, -0.05) is 29.8 Å². The zero-order chi connectivity index (χ0) is 15.3. The first-order chi connectivity index (χ1) is 9.25. The number of halogens is 4. The van der Waals surface area contributed by atoms with Gasteiger partial charge in [0, 0.05) is 23.2 Å². The third-order valence-electron chi connectivity index (χ3n) is 2.68. The second-order valence-corrected chi connectivity index (χ2v) is 5.82. The minimum atomic E-state index is -4.42. The number of hydrogen-bond donors (Lipinski definition) is 0. The fourth-order valence-corrected chi connectivity index (χ4v) is 2.31. The molecule has 1 aromatic carbocycles. The van der Waals surface area contributed by atoms with Gasteiger partial charge in [-0.3, -0.25) is 0 Å². The maximum Gasteiger partial charge on any atom is 0.418 e. The molecule has 0 aliphatic carbocycles. The lowest BCUT2D eigenvalue weighted by Gasteiger charge is -2.28. The topological polar surface area (TPSA) is 27.0 Å². The minimum Gasteiger partial charge on any atom is -0.370 e. The normalized spacial score (nSPS) is 11.5. The van der Waals surface area contributed by atoms with Crippen molar-refractivity contribution in [2.45, 2.75) is 26.4 Å². The van der Waals surface area contributed by atoms with Crippen LogP contribution in [0, 0.1) is 17.2 Å². The van der Waals surface area contributed by atoms with Gasteiger partial charge >= 0.3 is 6.18 Å². The van der Waals surface area contributed by atoms with Gasteiger partial charge in [0.15, 0.2) is 0 Å². The lowest BCUT2D eigenvalue weighted by molar-refractivity contribution is -0.137. The molecule has 1 rings (SSSR count). The molecule has 0 amide bonds. The molecule has 6 heteroatoms. The Morgan fingerprint density at radius 2 is 2.00 bits per heavy atom. The standard InChI is InChI=1S/C14H16BrF3N2/c1-10(2)9-20(7-3-6-19)13-5-4-11(15)8-12(13)14(16,17)18/h4-5,8,10H,3,7,9H2,1-2H3. The summed E-state index contributed by atoms with van der Waals surface area (Å²) >= 11 is 3.07. The monoisotopic (exact) mass is 348 g/mol. The number of alkyl halides is 3. The Morgan fingerprint density at radius 1 is 1.35 bits per heavy atom. The Morgan fingerprint density at radius 3 is 2.50 bits per heavy atom. The van der Waals surface area contributed by atoms with Crippen molar-refractivity contribution in [2.24, 2.45) is 5.92 Å². The molecule has 0 saturated heterocycles. The summed E-state index contributed by atoms with van der Waals surface area (Å²) in [6, 6.07) is 6.10. The van der Waals surface area contributed by atoms with E-state index < -0.39 is 11.7 Å². The summed E-state index contributed by atoms with van der Waals surface area (Å²) in [6.07, 6.45) is -4.22. The van der Waals surface area contributed by atoms with E-state index in [2.05, 4.69) is 15.9 Å². The van der Waals surface area contributed by atoms with E-state index in [1.165, 1.54) is 6.07 Å². The lowest BCUT2D eigenvalue weighted by Crippen LogP contribution is -2.30. The number of rotatable bonds is 5. The molecule has 0 atom stereocenters. The molecule has 0 fully saturated rings. The highest BCUT2D eigenvalue weighted by Crippen LogP contribution is 2.38. The fourth-order valence-electron chi connectivity index (χ4n) is 1.95. The summed E-state index contributed by atoms with van der Waals surface area (Å²) in [5, 5.41) is 8.66. The maximum atomic E-state index is 13.1. The van der Waals surface area contributed by atoms with E-state index in [1.807, 2.05) is 19.9 Å². The molecule has 110 valence electrons. The van der Waals surface area contributed by atoms with Crippen LogP contribution in [0.2, 0.25) is 0 Å². The van der Waals surface area contributed by atoms with E-state index in [1.54, 1.807) is 11.0 Å². The largest absolute Gasteiger partial charge is 0.418 e. The van der Waals surface area contributed by atoms with Crippen molar-refractivity contribution in [3.8, 4) is 6.07 Å². The van der Waals surface area contributed by atoms with Crippen LogP contribution in [0.4, 0.5) is 18.9 Å². The highest BCUT2D eigenvalue weighted by Gasteiger charge is 2.35. The van der Waals surface area contributed by atoms with Crippen LogP contribution in [0.1, 0.15) is 25.8 Å². The molecular formula is C14H16BrF3N2. The molecule has 0 heterocycles. The van der Waals surface area contributed by atoms with E-state index in [4.69, 9.17) is 5.26 Å². The van der Waals surface area contributed by atoms with Gasteiger partial charge in [-0.25, -0.2) is 0 Å². The SMILES string of the molecule is CC(C)CN(CCC#N)c1ccc(Br)cc1C(F)(F)F. The van der Waals surface area contributed by atoms with Gasteiger partial charge in [0.25, 0.3) is 0 Å². The summed E-state index contributed by atoms with van der Waals surface area (Å²) in [7, 11) is 0. The van der Waals surface area contributed by atoms with Crippen LogP contribution in [0.25, 0.3) is 0 Å². The predicted octanol–water partition coefficient (Wildman–Crippen LogP) is 4.84. The van der Waals surface area contributed by atoms with Crippen molar-refractivity contribution in [3.05, 3.63) is 28.2 Å². The molecule has 2 nitrogen and oxygen atoms in total. The first kappa shape index (κ1) is 16.8. The van der Waals surface area contributed by atoms with Gasteiger partial charge < -0.3 is 4.90 Å². The summed E-state index contributed by atoms with van der Waals surface area (Å²) in [5.41, 5.74) is -0.546. The Labute approximate surface area is 125 Å². The van der Waals surface area contributed by atoms with Crippen molar-refractivity contribution >= 4 is 21.6 Å². The molecule has 0 unspecified atom stereocenters. The van der Waals surface area contributed by atoms with Crippen LogP contribution in [0.5, 0.6) is 0 Å². The summed E-state index contributed by atoms with van der Waals surface area (Å²) in [6.45, 7) is 4.64. The van der Waals surface area contributed by atoms with Crippen molar-refractivity contribution in [1.29, 1.82) is 5.26 Å².